The number of thioether (sulfide) groups is 1. The molecular formula is C16H14N6O2S. The molecule has 0 saturated heterocycles. The highest BCUT2D eigenvalue weighted by Crippen LogP contribution is 2.18. The molecule has 25 heavy (non-hydrogen) atoms. The molecule has 0 amide bonds. The van der Waals surface area contributed by atoms with Crippen molar-refractivity contribution < 1.29 is 4.79 Å². The predicted molar refractivity (Wildman–Crippen MR) is 94.2 cm³/mol. The fourth-order valence-electron chi connectivity index (χ4n) is 2.63. The molecule has 2 N–H and O–H groups in total. The van der Waals surface area contributed by atoms with Crippen LogP contribution in [-0.2, 0) is 0 Å². The van der Waals surface area contributed by atoms with Gasteiger partial charge in [0.2, 0.25) is 5.16 Å². The second kappa shape index (κ2) is 5.85. The van der Waals surface area contributed by atoms with Crippen LogP contribution in [0.4, 0.5) is 0 Å². The average Bonchev–Trinajstić information content (AvgIpc) is 3.13. The van der Waals surface area contributed by atoms with Crippen molar-refractivity contribution in [3.05, 3.63) is 51.7 Å². The maximum atomic E-state index is 12.4. The zero-order valence-corrected chi connectivity index (χ0v) is 14.3. The Labute approximate surface area is 145 Å². The summed E-state index contributed by atoms with van der Waals surface area (Å²) in [5.74, 6) is 0.669. The van der Waals surface area contributed by atoms with Crippen LogP contribution in [0.1, 0.15) is 21.7 Å². The summed E-state index contributed by atoms with van der Waals surface area (Å²) in [7, 11) is 0. The number of carbonyl (C=O) groups is 1. The van der Waals surface area contributed by atoms with Crippen molar-refractivity contribution in [1.82, 2.24) is 29.5 Å². The first-order valence-corrected chi connectivity index (χ1v) is 8.57. The van der Waals surface area contributed by atoms with Gasteiger partial charge in [-0.25, -0.2) is 14.3 Å². The Morgan fingerprint density at radius 1 is 1.16 bits per heavy atom. The van der Waals surface area contributed by atoms with E-state index >= 15 is 0 Å². The SMILES string of the molecule is Cc1cc(C)n2nc(SCC(=O)c3ccc4[nH]c(=O)[nH]c4c3)nc2n1. The number of fused-ring (bicyclic) bond motifs is 2. The first-order chi connectivity index (χ1) is 12.0. The maximum Gasteiger partial charge on any atom is 0.323 e. The van der Waals surface area contributed by atoms with E-state index in [-0.39, 0.29) is 17.2 Å². The van der Waals surface area contributed by atoms with E-state index in [2.05, 4.69) is 25.0 Å². The van der Waals surface area contributed by atoms with Gasteiger partial charge in [0.1, 0.15) is 0 Å². The zero-order valence-electron chi connectivity index (χ0n) is 13.5. The first kappa shape index (κ1) is 15.6. The fraction of sp³-hybridized carbons (Fsp3) is 0.188. The maximum absolute atomic E-state index is 12.4. The minimum Gasteiger partial charge on any atom is -0.306 e. The molecule has 0 atom stereocenters. The van der Waals surface area contributed by atoms with Crippen LogP contribution in [0.2, 0.25) is 0 Å². The number of benzene rings is 1. The first-order valence-electron chi connectivity index (χ1n) is 7.59. The lowest BCUT2D eigenvalue weighted by molar-refractivity contribution is 0.102. The summed E-state index contributed by atoms with van der Waals surface area (Å²) in [5, 5.41) is 4.88. The van der Waals surface area contributed by atoms with Crippen molar-refractivity contribution in [3.8, 4) is 0 Å². The smallest absolute Gasteiger partial charge is 0.306 e. The molecule has 4 aromatic rings. The molecule has 0 fully saturated rings. The lowest BCUT2D eigenvalue weighted by atomic mass is 10.1. The van der Waals surface area contributed by atoms with Crippen LogP contribution in [-0.4, -0.2) is 41.1 Å². The summed E-state index contributed by atoms with van der Waals surface area (Å²) in [6.07, 6.45) is 0. The van der Waals surface area contributed by atoms with Gasteiger partial charge in [-0.2, -0.15) is 4.98 Å². The van der Waals surface area contributed by atoms with E-state index in [1.54, 1.807) is 22.7 Å². The molecule has 8 nitrogen and oxygen atoms in total. The van der Waals surface area contributed by atoms with Crippen LogP contribution < -0.4 is 5.69 Å². The molecular weight excluding hydrogens is 340 g/mol. The number of hydrogen-bond acceptors (Lipinski definition) is 6. The molecule has 0 aliphatic heterocycles. The van der Waals surface area contributed by atoms with E-state index in [1.165, 1.54) is 11.8 Å². The van der Waals surface area contributed by atoms with Crippen LogP contribution in [0.25, 0.3) is 16.8 Å². The minimum absolute atomic E-state index is 0.0614. The standard InChI is InChI=1S/C16H14N6O2S/c1-8-5-9(2)22-14(17-8)20-16(21-22)25-7-13(23)10-3-4-11-12(6-10)19-15(24)18-11/h3-6H,7H2,1-2H3,(H2,18,19,24). The van der Waals surface area contributed by atoms with Crippen molar-refractivity contribution in [2.24, 2.45) is 0 Å². The molecule has 9 heteroatoms. The zero-order chi connectivity index (χ0) is 17.6. The Hall–Kier alpha value is -2.94. The largest absolute Gasteiger partial charge is 0.323 e. The number of carbonyl (C=O) groups excluding carboxylic acids is 1. The number of aromatic nitrogens is 6. The van der Waals surface area contributed by atoms with Crippen molar-refractivity contribution >= 4 is 34.4 Å². The van der Waals surface area contributed by atoms with Gasteiger partial charge in [0, 0.05) is 17.0 Å². The van der Waals surface area contributed by atoms with Crippen molar-refractivity contribution in [2.45, 2.75) is 19.0 Å². The van der Waals surface area contributed by atoms with Crippen molar-refractivity contribution in [2.75, 3.05) is 5.75 Å². The summed E-state index contributed by atoms with van der Waals surface area (Å²) in [5.41, 5.74) is 3.34. The molecule has 3 aromatic heterocycles. The summed E-state index contributed by atoms with van der Waals surface area (Å²) >= 11 is 1.26. The number of nitrogens with zero attached hydrogens (tertiary/aromatic N) is 4. The summed E-state index contributed by atoms with van der Waals surface area (Å²) in [6, 6.07) is 7.00. The number of aryl methyl sites for hydroxylation is 2. The van der Waals surface area contributed by atoms with E-state index in [9.17, 15) is 9.59 Å². The Morgan fingerprint density at radius 3 is 2.80 bits per heavy atom. The third-order valence-corrected chi connectivity index (χ3v) is 4.61. The minimum atomic E-state index is -0.291. The molecule has 0 aliphatic carbocycles. The van der Waals surface area contributed by atoms with Crippen LogP contribution in [0.15, 0.2) is 34.2 Å². The van der Waals surface area contributed by atoms with Gasteiger partial charge in [-0.05, 0) is 38.1 Å². The van der Waals surface area contributed by atoms with E-state index in [0.717, 1.165) is 11.4 Å². The monoisotopic (exact) mass is 354 g/mol. The van der Waals surface area contributed by atoms with E-state index in [4.69, 9.17) is 0 Å². The summed E-state index contributed by atoms with van der Waals surface area (Å²) in [6.45, 7) is 3.84. The Morgan fingerprint density at radius 2 is 1.96 bits per heavy atom. The van der Waals surface area contributed by atoms with Crippen LogP contribution in [0.3, 0.4) is 0 Å². The number of aromatic amines is 2. The average molecular weight is 354 g/mol. The number of hydrogen-bond donors (Lipinski definition) is 2. The van der Waals surface area contributed by atoms with Gasteiger partial charge in [0.15, 0.2) is 5.78 Å². The highest BCUT2D eigenvalue weighted by molar-refractivity contribution is 7.99. The molecule has 0 radical (unpaired) electrons. The van der Waals surface area contributed by atoms with Crippen molar-refractivity contribution in [1.29, 1.82) is 0 Å². The predicted octanol–water partition coefficient (Wildman–Crippen LogP) is 1.89. The van der Waals surface area contributed by atoms with E-state index < -0.39 is 0 Å². The van der Waals surface area contributed by atoms with Gasteiger partial charge < -0.3 is 9.97 Å². The summed E-state index contributed by atoms with van der Waals surface area (Å²) < 4.78 is 1.66. The molecule has 4 rings (SSSR count). The lowest BCUT2D eigenvalue weighted by Gasteiger charge is -1.99. The molecule has 0 spiro atoms. The Bertz CT molecular complexity index is 1170. The number of rotatable bonds is 4. The lowest BCUT2D eigenvalue weighted by Crippen LogP contribution is -2.02. The fourth-order valence-corrected chi connectivity index (χ4v) is 3.34. The van der Waals surface area contributed by atoms with Gasteiger partial charge in [-0.15, -0.1) is 5.10 Å². The number of ketones is 1. The Balaban J connectivity index is 1.54. The van der Waals surface area contributed by atoms with Gasteiger partial charge in [0.05, 0.1) is 16.8 Å². The molecule has 0 saturated carbocycles. The topological polar surface area (TPSA) is 109 Å². The van der Waals surface area contributed by atoms with Gasteiger partial charge >= 0.3 is 5.69 Å². The van der Waals surface area contributed by atoms with Gasteiger partial charge in [-0.1, -0.05) is 11.8 Å². The van der Waals surface area contributed by atoms with Crippen LogP contribution >= 0.6 is 11.8 Å². The third-order valence-electron chi connectivity index (χ3n) is 3.77. The highest BCUT2D eigenvalue weighted by Gasteiger charge is 2.13. The highest BCUT2D eigenvalue weighted by atomic mass is 32.2. The molecule has 0 unspecified atom stereocenters. The summed E-state index contributed by atoms with van der Waals surface area (Å²) in [4.78, 5) is 37.7. The molecule has 3 heterocycles. The van der Waals surface area contributed by atoms with Crippen LogP contribution in [0.5, 0.6) is 0 Å². The van der Waals surface area contributed by atoms with Crippen molar-refractivity contribution in [3.63, 3.8) is 0 Å². The van der Waals surface area contributed by atoms with E-state index in [1.807, 2.05) is 19.9 Å². The van der Waals surface area contributed by atoms with Crippen LogP contribution in [0, 0.1) is 13.8 Å². The van der Waals surface area contributed by atoms with Gasteiger partial charge in [-0.3, -0.25) is 4.79 Å². The van der Waals surface area contributed by atoms with E-state index in [0.29, 0.717) is 27.5 Å². The third kappa shape index (κ3) is 2.93. The molecule has 126 valence electrons. The van der Waals surface area contributed by atoms with Gasteiger partial charge in [0.25, 0.3) is 5.78 Å². The normalized spacial score (nSPS) is 11.4. The second-order valence-corrected chi connectivity index (χ2v) is 6.64. The second-order valence-electron chi connectivity index (χ2n) is 5.70. The number of H-pyrrole nitrogens is 2. The molecule has 0 bridgehead atoms. The molecule has 1 aromatic carbocycles. The number of imidazole rings is 1. The number of nitrogens with one attached hydrogen (secondary N) is 2. The quantitative estimate of drug-likeness (QED) is 0.428. The Kier molecular flexibility index (Phi) is 3.65. The molecule has 0 aliphatic rings. The number of Topliss-reactive ketones (excluding diaryl/α,β-unsaturated/α-hetero) is 1.